The van der Waals surface area contributed by atoms with Gasteiger partial charge in [0.05, 0.1) is 11.0 Å². The summed E-state index contributed by atoms with van der Waals surface area (Å²) < 4.78 is 23.9. The molecule has 4 heteroatoms. The van der Waals surface area contributed by atoms with Gasteiger partial charge < -0.3 is 5.32 Å². The number of rotatable bonds is 4. The highest BCUT2D eigenvalue weighted by Gasteiger charge is 2.27. The number of hydrogen-bond acceptors (Lipinski definition) is 3. The highest BCUT2D eigenvalue weighted by molar-refractivity contribution is 7.92. The topological polar surface area (TPSA) is 46.2 Å². The van der Waals surface area contributed by atoms with Crippen LogP contribution in [-0.4, -0.2) is 32.5 Å². The van der Waals surface area contributed by atoms with E-state index in [2.05, 4.69) is 5.32 Å². The molecule has 2 rings (SSSR count). The number of hydrogen-bond donors (Lipinski definition) is 1. The summed E-state index contributed by atoms with van der Waals surface area (Å²) in [4.78, 5) is 0. The van der Waals surface area contributed by atoms with Crippen LogP contribution in [0, 0.1) is 0 Å². The number of aryl methyl sites for hydroxylation is 1. The highest BCUT2D eigenvalue weighted by Crippen LogP contribution is 2.12. The lowest BCUT2D eigenvalue weighted by Gasteiger charge is -2.10. The van der Waals surface area contributed by atoms with Gasteiger partial charge in [0.15, 0.2) is 9.84 Å². The molecule has 1 fully saturated rings. The first-order valence-electron chi connectivity index (χ1n) is 5.65. The van der Waals surface area contributed by atoms with Crippen LogP contribution < -0.4 is 5.32 Å². The minimum absolute atomic E-state index is 0.170. The zero-order valence-electron chi connectivity index (χ0n) is 9.22. The number of sulfone groups is 1. The minimum atomic E-state index is -2.92. The van der Waals surface area contributed by atoms with Crippen molar-refractivity contribution in [2.45, 2.75) is 18.1 Å². The van der Waals surface area contributed by atoms with Gasteiger partial charge in [0.25, 0.3) is 0 Å². The molecule has 1 aliphatic heterocycles. The number of benzene rings is 1. The summed E-state index contributed by atoms with van der Waals surface area (Å²) in [6.45, 7) is 1.45. The van der Waals surface area contributed by atoms with Crippen LogP contribution in [0.2, 0.25) is 0 Å². The van der Waals surface area contributed by atoms with Crippen LogP contribution in [0.4, 0.5) is 0 Å². The third-order valence-corrected chi connectivity index (χ3v) is 5.23. The molecular weight excluding hydrogens is 222 g/mol. The van der Waals surface area contributed by atoms with E-state index < -0.39 is 9.84 Å². The van der Waals surface area contributed by atoms with Crippen molar-refractivity contribution in [3.63, 3.8) is 0 Å². The van der Waals surface area contributed by atoms with E-state index in [0.717, 1.165) is 18.5 Å². The van der Waals surface area contributed by atoms with Crippen LogP contribution in [0.5, 0.6) is 0 Å². The summed E-state index contributed by atoms with van der Waals surface area (Å²) in [7, 11) is -2.92. The first-order valence-corrected chi connectivity index (χ1v) is 7.36. The van der Waals surface area contributed by atoms with Crippen molar-refractivity contribution in [2.24, 2.45) is 0 Å². The van der Waals surface area contributed by atoms with E-state index in [-0.39, 0.29) is 11.0 Å². The van der Waals surface area contributed by atoms with Crippen molar-refractivity contribution in [1.29, 1.82) is 0 Å². The van der Waals surface area contributed by atoms with E-state index in [0.29, 0.717) is 13.0 Å². The first kappa shape index (κ1) is 11.6. The van der Waals surface area contributed by atoms with Gasteiger partial charge >= 0.3 is 0 Å². The summed E-state index contributed by atoms with van der Waals surface area (Å²) in [5.74, 6) is 0.267. The fraction of sp³-hybridized carbons (Fsp3) is 0.500. The summed E-state index contributed by atoms with van der Waals surface area (Å²) in [5.41, 5.74) is 1.09. The zero-order valence-corrected chi connectivity index (χ0v) is 10.0. The lowest BCUT2D eigenvalue weighted by atomic mass is 10.2. The van der Waals surface area contributed by atoms with Crippen LogP contribution in [0.25, 0.3) is 0 Å². The van der Waals surface area contributed by atoms with Gasteiger partial charge in [-0.1, -0.05) is 30.3 Å². The molecule has 0 spiro atoms. The second-order valence-corrected chi connectivity index (χ2v) is 6.62. The largest absolute Gasteiger partial charge is 0.315 e. The molecule has 1 saturated heterocycles. The molecule has 0 saturated carbocycles. The monoisotopic (exact) mass is 239 g/mol. The average Bonchev–Trinajstić information content (AvgIpc) is 2.82. The molecule has 0 aromatic heterocycles. The van der Waals surface area contributed by atoms with Gasteiger partial charge in [-0.15, -0.1) is 0 Å². The van der Waals surface area contributed by atoms with Crippen molar-refractivity contribution >= 4 is 9.84 Å². The lowest BCUT2D eigenvalue weighted by molar-refractivity contribution is 0.582. The molecule has 1 N–H and O–H groups in total. The molecule has 1 heterocycles. The summed E-state index contributed by atoms with van der Waals surface area (Å²) >= 11 is 0. The average molecular weight is 239 g/mol. The molecule has 16 heavy (non-hydrogen) atoms. The Morgan fingerprint density at radius 1 is 1.25 bits per heavy atom. The van der Waals surface area contributed by atoms with E-state index >= 15 is 0 Å². The molecule has 0 bridgehead atoms. The second kappa shape index (κ2) is 4.97. The van der Waals surface area contributed by atoms with Crippen LogP contribution in [0.3, 0.4) is 0 Å². The third-order valence-electron chi connectivity index (χ3n) is 3.04. The SMILES string of the molecule is O=S(=O)(CCc1ccccc1)[C@@H]1CCNC1. The zero-order chi connectivity index (χ0) is 11.4. The quantitative estimate of drug-likeness (QED) is 0.853. The fourth-order valence-corrected chi connectivity index (χ4v) is 3.71. The maximum atomic E-state index is 12.0. The molecule has 1 aromatic carbocycles. The van der Waals surface area contributed by atoms with Gasteiger partial charge in [-0.3, -0.25) is 0 Å². The van der Waals surface area contributed by atoms with Crippen molar-refractivity contribution in [3.8, 4) is 0 Å². The molecule has 3 nitrogen and oxygen atoms in total. The standard InChI is InChI=1S/C12H17NO2S/c14-16(15,12-6-8-13-10-12)9-7-11-4-2-1-3-5-11/h1-5,12-13H,6-10H2/t12-/m1/s1. The molecule has 1 aromatic rings. The van der Waals surface area contributed by atoms with E-state index in [9.17, 15) is 8.42 Å². The van der Waals surface area contributed by atoms with E-state index in [4.69, 9.17) is 0 Å². The molecule has 1 aliphatic rings. The molecule has 0 amide bonds. The Hall–Kier alpha value is -0.870. The predicted molar refractivity (Wildman–Crippen MR) is 65.2 cm³/mol. The van der Waals surface area contributed by atoms with Crippen LogP contribution in [0.15, 0.2) is 30.3 Å². The highest BCUT2D eigenvalue weighted by atomic mass is 32.2. The van der Waals surface area contributed by atoms with Gasteiger partial charge in [0, 0.05) is 6.54 Å². The Morgan fingerprint density at radius 2 is 2.00 bits per heavy atom. The van der Waals surface area contributed by atoms with Crippen molar-refractivity contribution < 1.29 is 8.42 Å². The van der Waals surface area contributed by atoms with Crippen molar-refractivity contribution in [2.75, 3.05) is 18.8 Å². The van der Waals surface area contributed by atoms with Crippen LogP contribution in [-0.2, 0) is 16.3 Å². The summed E-state index contributed by atoms with van der Waals surface area (Å²) in [6.07, 6.45) is 1.39. The Balaban J connectivity index is 1.94. The van der Waals surface area contributed by atoms with Gasteiger partial charge in [0.1, 0.15) is 0 Å². The smallest absolute Gasteiger partial charge is 0.154 e. The fourth-order valence-electron chi connectivity index (χ4n) is 2.01. The Morgan fingerprint density at radius 3 is 2.62 bits per heavy atom. The van der Waals surface area contributed by atoms with Gasteiger partial charge in [-0.25, -0.2) is 8.42 Å². The van der Waals surface area contributed by atoms with Crippen molar-refractivity contribution in [1.82, 2.24) is 5.32 Å². The van der Waals surface area contributed by atoms with Gasteiger partial charge in [-0.05, 0) is 24.9 Å². The Labute approximate surface area is 96.8 Å². The Bertz CT molecular complexity index is 422. The molecule has 0 radical (unpaired) electrons. The van der Waals surface area contributed by atoms with E-state index in [1.54, 1.807) is 0 Å². The first-order chi connectivity index (χ1) is 7.68. The maximum absolute atomic E-state index is 12.0. The Kier molecular flexibility index (Phi) is 3.61. The maximum Gasteiger partial charge on any atom is 0.154 e. The summed E-state index contributed by atoms with van der Waals surface area (Å²) in [6, 6.07) is 9.78. The minimum Gasteiger partial charge on any atom is -0.315 e. The van der Waals surface area contributed by atoms with Crippen LogP contribution in [0.1, 0.15) is 12.0 Å². The van der Waals surface area contributed by atoms with E-state index in [1.165, 1.54) is 0 Å². The lowest BCUT2D eigenvalue weighted by Crippen LogP contribution is -2.27. The number of nitrogens with one attached hydrogen (secondary N) is 1. The molecular formula is C12H17NO2S. The van der Waals surface area contributed by atoms with Crippen LogP contribution >= 0.6 is 0 Å². The third kappa shape index (κ3) is 2.83. The molecule has 0 aliphatic carbocycles. The van der Waals surface area contributed by atoms with Gasteiger partial charge in [0.2, 0.25) is 0 Å². The normalized spacial score (nSPS) is 21.1. The molecule has 88 valence electrons. The second-order valence-electron chi connectivity index (χ2n) is 4.22. The van der Waals surface area contributed by atoms with Gasteiger partial charge in [-0.2, -0.15) is 0 Å². The predicted octanol–water partition coefficient (Wildman–Crippen LogP) is 1.01. The summed E-state index contributed by atoms with van der Waals surface area (Å²) in [5, 5.41) is 2.93. The molecule has 1 atom stereocenters. The van der Waals surface area contributed by atoms with E-state index in [1.807, 2.05) is 30.3 Å². The van der Waals surface area contributed by atoms with Crippen molar-refractivity contribution in [3.05, 3.63) is 35.9 Å². The molecule has 0 unspecified atom stereocenters.